The highest BCUT2D eigenvalue weighted by atomic mass is 16.6. The fourth-order valence-electron chi connectivity index (χ4n) is 1.72. The minimum absolute atomic E-state index is 0.117. The Labute approximate surface area is 121 Å². The number of nitro groups is 1. The van der Waals surface area contributed by atoms with E-state index in [2.05, 4.69) is 4.98 Å². The third kappa shape index (κ3) is 3.46. The van der Waals surface area contributed by atoms with Gasteiger partial charge in [0.1, 0.15) is 5.75 Å². The van der Waals surface area contributed by atoms with E-state index in [0.29, 0.717) is 11.6 Å². The lowest BCUT2D eigenvalue weighted by Crippen LogP contribution is -2.05. The van der Waals surface area contributed by atoms with Crippen LogP contribution in [0.4, 0.5) is 5.69 Å². The predicted molar refractivity (Wildman–Crippen MR) is 76.6 cm³/mol. The van der Waals surface area contributed by atoms with E-state index in [1.807, 2.05) is 6.92 Å². The molecule has 0 aliphatic carbocycles. The van der Waals surface area contributed by atoms with Crippen molar-refractivity contribution in [2.24, 2.45) is 5.73 Å². The van der Waals surface area contributed by atoms with Crippen molar-refractivity contribution >= 4 is 5.69 Å². The molecule has 0 saturated heterocycles. The molecule has 1 aromatic carbocycles. The van der Waals surface area contributed by atoms with Crippen LogP contribution in [0.5, 0.6) is 17.4 Å². The number of benzene rings is 1. The Bertz CT molecular complexity index is 641. The van der Waals surface area contributed by atoms with E-state index >= 15 is 0 Å². The van der Waals surface area contributed by atoms with Gasteiger partial charge in [0, 0.05) is 18.3 Å². The summed E-state index contributed by atoms with van der Waals surface area (Å²) in [5.41, 5.74) is 6.44. The Morgan fingerprint density at radius 3 is 2.62 bits per heavy atom. The van der Waals surface area contributed by atoms with Crippen molar-refractivity contribution in [3.63, 3.8) is 0 Å². The van der Waals surface area contributed by atoms with Gasteiger partial charge in [0.2, 0.25) is 5.88 Å². The number of nitro benzene ring substituents is 1. The van der Waals surface area contributed by atoms with Gasteiger partial charge < -0.3 is 15.2 Å². The van der Waals surface area contributed by atoms with E-state index in [1.165, 1.54) is 19.2 Å². The molecule has 0 radical (unpaired) electrons. The van der Waals surface area contributed by atoms with Gasteiger partial charge in [-0.15, -0.1) is 0 Å². The van der Waals surface area contributed by atoms with Crippen molar-refractivity contribution in [2.45, 2.75) is 13.0 Å². The first kappa shape index (κ1) is 14.7. The Morgan fingerprint density at radius 1 is 1.33 bits per heavy atom. The maximum absolute atomic E-state index is 10.9. The fourth-order valence-corrected chi connectivity index (χ4v) is 1.72. The molecule has 0 amide bonds. The number of pyridine rings is 1. The standard InChI is InChI=1S/C14H15N3O4/c1-9(15)10-3-6-14(16-8-10)21-11-4-5-13(20-2)12(7-11)17(18)19/h3-9H,15H2,1-2H3. The molecule has 1 heterocycles. The second-order valence-electron chi connectivity index (χ2n) is 4.41. The van der Waals surface area contributed by atoms with Crippen LogP contribution in [0.3, 0.4) is 0 Å². The second-order valence-corrected chi connectivity index (χ2v) is 4.41. The van der Waals surface area contributed by atoms with Crippen LogP contribution in [0.15, 0.2) is 36.5 Å². The van der Waals surface area contributed by atoms with Crippen molar-refractivity contribution in [1.82, 2.24) is 4.98 Å². The number of hydrogen-bond donors (Lipinski definition) is 1. The maximum Gasteiger partial charge on any atom is 0.314 e. The van der Waals surface area contributed by atoms with E-state index in [9.17, 15) is 10.1 Å². The monoisotopic (exact) mass is 289 g/mol. The Kier molecular flexibility index (Phi) is 4.34. The van der Waals surface area contributed by atoms with Crippen LogP contribution in [0, 0.1) is 10.1 Å². The van der Waals surface area contributed by atoms with E-state index in [0.717, 1.165) is 5.56 Å². The zero-order chi connectivity index (χ0) is 15.4. The van der Waals surface area contributed by atoms with Crippen molar-refractivity contribution < 1.29 is 14.4 Å². The zero-order valence-corrected chi connectivity index (χ0v) is 11.6. The van der Waals surface area contributed by atoms with Gasteiger partial charge in [-0.1, -0.05) is 6.07 Å². The van der Waals surface area contributed by atoms with Crippen LogP contribution in [0.1, 0.15) is 18.5 Å². The van der Waals surface area contributed by atoms with Gasteiger partial charge in [-0.25, -0.2) is 4.98 Å². The topological polar surface area (TPSA) is 101 Å². The molecule has 7 nitrogen and oxygen atoms in total. The van der Waals surface area contributed by atoms with Crippen LogP contribution in [0.25, 0.3) is 0 Å². The average Bonchev–Trinajstić information content (AvgIpc) is 2.47. The van der Waals surface area contributed by atoms with Gasteiger partial charge in [0.05, 0.1) is 18.1 Å². The molecule has 21 heavy (non-hydrogen) atoms. The minimum Gasteiger partial charge on any atom is -0.490 e. The number of rotatable bonds is 5. The summed E-state index contributed by atoms with van der Waals surface area (Å²) in [7, 11) is 1.37. The molecular formula is C14H15N3O4. The van der Waals surface area contributed by atoms with Crippen molar-refractivity contribution in [3.8, 4) is 17.4 Å². The van der Waals surface area contributed by atoms with Crippen LogP contribution < -0.4 is 15.2 Å². The lowest BCUT2D eigenvalue weighted by Gasteiger charge is -2.08. The molecule has 2 rings (SSSR count). The van der Waals surface area contributed by atoms with Crippen LogP contribution in [-0.4, -0.2) is 17.0 Å². The Hall–Kier alpha value is -2.67. The van der Waals surface area contributed by atoms with Gasteiger partial charge in [0.25, 0.3) is 0 Å². The maximum atomic E-state index is 10.9. The lowest BCUT2D eigenvalue weighted by atomic mass is 10.2. The molecule has 0 aliphatic heterocycles. The summed E-state index contributed by atoms with van der Waals surface area (Å²) >= 11 is 0. The Balaban J connectivity index is 2.23. The van der Waals surface area contributed by atoms with Crippen LogP contribution >= 0.6 is 0 Å². The molecule has 0 fully saturated rings. The lowest BCUT2D eigenvalue weighted by molar-refractivity contribution is -0.385. The third-order valence-corrected chi connectivity index (χ3v) is 2.85. The number of methoxy groups -OCH3 is 1. The molecule has 1 aromatic heterocycles. The number of hydrogen-bond acceptors (Lipinski definition) is 6. The molecule has 7 heteroatoms. The normalized spacial score (nSPS) is 11.8. The van der Waals surface area contributed by atoms with E-state index < -0.39 is 4.92 Å². The number of aromatic nitrogens is 1. The van der Waals surface area contributed by atoms with Crippen LogP contribution in [-0.2, 0) is 0 Å². The number of nitrogens with zero attached hydrogens (tertiary/aromatic N) is 2. The molecule has 0 bridgehead atoms. The highest BCUT2D eigenvalue weighted by Crippen LogP contribution is 2.32. The smallest absolute Gasteiger partial charge is 0.314 e. The summed E-state index contributed by atoms with van der Waals surface area (Å²) < 4.78 is 10.4. The largest absolute Gasteiger partial charge is 0.490 e. The second kappa shape index (κ2) is 6.19. The zero-order valence-electron chi connectivity index (χ0n) is 11.6. The summed E-state index contributed by atoms with van der Waals surface area (Å²) in [4.78, 5) is 14.5. The highest BCUT2D eigenvalue weighted by Gasteiger charge is 2.16. The summed E-state index contributed by atoms with van der Waals surface area (Å²) in [5.74, 6) is 0.815. The number of nitrogens with two attached hydrogens (primary N) is 1. The quantitative estimate of drug-likeness (QED) is 0.671. The molecule has 0 aliphatic rings. The molecule has 1 atom stereocenters. The Morgan fingerprint density at radius 2 is 2.10 bits per heavy atom. The molecule has 1 unspecified atom stereocenters. The van der Waals surface area contributed by atoms with Crippen molar-refractivity contribution in [3.05, 3.63) is 52.2 Å². The molecule has 2 aromatic rings. The van der Waals surface area contributed by atoms with Crippen LogP contribution in [0.2, 0.25) is 0 Å². The van der Waals surface area contributed by atoms with Gasteiger partial charge >= 0.3 is 5.69 Å². The fraction of sp³-hybridized carbons (Fsp3) is 0.214. The number of ether oxygens (including phenoxy) is 2. The molecular weight excluding hydrogens is 274 g/mol. The van der Waals surface area contributed by atoms with E-state index in [-0.39, 0.29) is 17.5 Å². The summed E-state index contributed by atoms with van der Waals surface area (Å²) in [6, 6.07) is 7.69. The molecule has 110 valence electrons. The molecule has 0 spiro atoms. The summed E-state index contributed by atoms with van der Waals surface area (Å²) in [6.45, 7) is 1.85. The summed E-state index contributed by atoms with van der Waals surface area (Å²) in [5, 5.41) is 10.9. The van der Waals surface area contributed by atoms with Crippen molar-refractivity contribution in [1.29, 1.82) is 0 Å². The van der Waals surface area contributed by atoms with E-state index in [1.54, 1.807) is 24.4 Å². The van der Waals surface area contributed by atoms with Gasteiger partial charge in [-0.05, 0) is 24.6 Å². The summed E-state index contributed by atoms with van der Waals surface area (Å²) in [6.07, 6.45) is 1.61. The average molecular weight is 289 g/mol. The third-order valence-electron chi connectivity index (χ3n) is 2.85. The van der Waals surface area contributed by atoms with Gasteiger partial charge in [-0.2, -0.15) is 0 Å². The SMILES string of the molecule is COc1ccc(Oc2ccc(C(C)N)cn2)cc1[N+](=O)[O-]. The van der Waals surface area contributed by atoms with Gasteiger partial charge in [-0.3, -0.25) is 10.1 Å². The molecule has 2 N–H and O–H groups in total. The first-order chi connectivity index (χ1) is 10.0. The molecule has 0 saturated carbocycles. The van der Waals surface area contributed by atoms with Crippen molar-refractivity contribution in [2.75, 3.05) is 7.11 Å². The predicted octanol–water partition coefficient (Wildman–Crippen LogP) is 2.81. The van der Waals surface area contributed by atoms with E-state index in [4.69, 9.17) is 15.2 Å². The first-order valence-electron chi connectivity index (χ1n) is 6.23. The van der Waals surface area contributed by atoms with Gasteiger partial charge in [0.15, 0.2) is 5.75 Å². The highest BCUT2D eigenvalue weighted by molar-refractivity contribution is 5.51. The first-order valence-corrected chi connectivity index (χ1v) is 6.23. The minimum atomic E-state index is -0.529.